The van der Waals surface area contributed by atoms with E-state index < -0.39 is 6.10 Å². The third-order valence-corrected chi connectivity index (χ3v) is 6.31. The van der Waals surface area contributed by atoms with Crippen molar-refractivity contribution in [2.75, 3.05) is 30.3 Å². The van der Waals surface area contributed by atoms with E-state index in [-0.39, 0.29) is 17.1 Å². The third kappa shape index (κ3) is 3.54. The van der Waals surface area contributed by atoms with Gasteiger partial charge < -0.3 is 20.6 Å². The molecule has 0 aromatic heterocycles. The molecular weight excluding hydrogens is 365 g/mol. The highest BCUT2D eigenvalue weighted by Crippen LogP contribution is 2.42. The lowest BCUT2D eigenvalue weighted by atomic mass is 10.0. The minimum absolute atomic E-state index is 0.0765. The summed E-state index contributed by atoms with van der Waals surface area (Å²) < 4.78 is 13.3. The molecule has 7 heteroatoms. The average Bonchev–Trinajstić information content (AvgIpc) is 3.14. The van der Waals surface area contributed by atoms with Crippen LogP contribution in [0.4, 0.5) is 10.1 Å². The van der Waals surface area contributed by atoms with E-state index in [9.17, 15) is 14.3 Å². The van der Waals surface area contributed by atoms with Crippen molar-refractivity contribution in [1.29, 1.82) is 0 Å². The smallest absolute Gasteiger partial charge is 0.254 e. The van der Waals surface area contributed by atoms with Crippen molar-refractivity contribution in [3.63, 3.8) is 0 Å². The summed E-state index contributed by atoms with van der Waals surface area (Å²) >= 11 is 1.81. The topological polar surface area (TPSA) is 69.8 Å². The molecule has 2 saturated heterocycles. The Labute approximate surface area is 162 Å². The minimum atomic E-state index is -0.416. The number of rotatable bonds is 4. The first kappa shape index (κ1) is 18.3. The number of hydrogen-bond acceptors (Lipinski definition) is 5. The highest BCUT2D eigenvalue weighted by atomic mass is 32.2. The van der Waals surface area contributed by atoms with Crippen molar-refractivity contribution in [1.82, 2.24) is 4.90 Å². The maximum atomic E-state index is 13.3. The molecule has 2 fully saturated rings. The van der Waals surface area contributed by atoms with E-state index in [0.717, 1.165) is 29.1 Å². The SMILES string of the molecule is NCc1cc(C(=O)N2CC(O)C2)ccc1N1CCSC1c1ccc(F)cc1. The molecule has 3 N–H and O–H groups in total. The van der Waals surface area contributed by atoms with Gasteiger partial charge >= 0.3 is 0 Å². The quantitative estimate of drug-likeness (QED) is 0.843. The highest BCUT2D eigenvalue weighted by molar-refractivity contribution is 7.99. The number of halogens is 1. The summed E-state index contributed by atoms with van der Waals surface area (Å²) in [6.45, 7) is 1.96. The van der Waals surface area contributed by atoms with Crippen molar-refractivity contribution in [2.45, 2.75) is 18.0 Å². The number of aliphatic hydroxyl groups is 1. The first-order chi connectivity index (χ1) is 13.1. The van der Waals surface area contributed by atoms with Gasteiger partial charge in [-0.25, -0.2) is 4.39 Å². The van der Waals surface area contributed by atoms with Crippen molar-refractivity contribution in [2.24, 2.45) is 5.73 Å². The summed E-state index contributed by atoms with van der Waals surface area (Å²) in [6.07, 6.45) is -0.416. The van der Waals surface area contributed by atoms with Gasteiger partial charge in [0.05, 0.1) is 6.10 Å². The van der Waals surface area contributed by atoms with Crippen LogP contribution in [0.25, 0.3) is 0 Å². The van der Waals surface area contributed by atoms with Crippen LogP contribution in [0.3, 0.4) is 0 Å². The Hall–Kier alpha value is -2.09. The fraction of sp³-hybridized carbons (Fsp3) is 0.350. The van der Waals surface area contributed by atoms with Crippen molar-refractivity contribution in [3.8, 4) is 0 Å². The molecule has 2 aromatic carbocycles. The van der Waals surface area contributed by atoms with Gasteiger partial charge in [0.15, 0.2) is 0 Å². The zero-order valence-corrected chi connectivity index (χ0v) is 15.7. The van der Waals surface area contributed by atoms with E-state index in [1.807, 2.05) is 42.1 Å². The van der Waals surface area contributed by atoms with Crippen LogP contribution in [0.1, 0.15) is 26.9 Å². The van der Waals surface area contributed by atoms with Crippen LogP contribution in [0.5, 0.6) is 0 Å². The van der Waals surface area contributed by atoms with Crippen LogP contribution < -0.4 is 10.6 Å². The number of nitrogens with zero attached hydrogens (tertiary/aromatic N) is 2. The minimum Gasteiger partial charge on any atom is -0.389 e. The third-order valence-electron chi connectivity index (χ3n) is 5.05. The fourth-order valence-electron chi connectivity index (χ4n) is 3.59. The van der Waals surface area contributed by atoms with Crippen LogP contribution in [0, 0.1) is 5.82 Å². The Kier molecular flexibility index (Phi) is 5.08. The van der Waals surface area contributed by atoms with Crippen LogP contribution in [0.15, 0.2) is 42.5 Å². The van der Waals surface area contributed by atoms with Crippen molar-refractivity contribution in [3.05, 3.63) is 65.0 Å². The van der Waals surface area contributed by atoms with Gasteiger partial charge in [0.25, 0.3) is 5.91 Å². The maximum absolute atomic E-state index is 13.3. The summed E-state index contributed by atoms with van der Waals surface area (Å²) in [5, 5.41) is 9.51. The summed E-state index contributed by atoms with van der Waals surface area (Å²) in [6, 6.07) is 12.2. The van der Waals surface area contributed by atoms with E-state index in [1.54, 1.807) is 4.90 Å². The van der Waals surface area contributed by atoms with Gasteiger partial charge in [-0.2, -0.15) is 0 Å². The summed E-state index contributed by atoms with van der Waals surface area (Å²) in [4.78, 5) is 16.4. The lowest BCUT2D eigenvalue weighted by molar-refractivity contribution is 0.00589. The fourth-order valence-corrected chi connectivity index (χ4v) is 4.86. The van der Waals surface area contributed by atoms with Gasteiger partial charge in [-0.15, -0.1) is 11.8 Å². The molecular formula is C20H22FN3O2S. The molecule has 2 heterocycles. The van der Waals surface area contributed by atoms with E-state index >= 15 is 0 Å². The Balaban J connectivity index is 1.60. The molecule has 0 spiro atoms. The van der Waals surface area contributed by atoms with Gasteiger partial charge in [0.2, 0.25) is 0 Å². The number of carbonyl (C=O) groups is 1. The number of β-amino-alcohol motifs (C(OH)–C–C–N with tert-alkyl or cyclic N) is 1. The highest BCUT2D eigenvalue weighted by Gasteiger charge is 2.31. The number of benzene rings is 2. The first-order valence-electron chi connectivity index (χ1n) is 9.01. The van der Waals surface area contributed by atoms with Crippen LogP contribution in [0.2, 0.25) is 0 Å². The van der Waals surface area contributed by atoms with Gasteiger partial charge in [0, 0.05) is 43.2 Å². The normalized spacial score (nSPS) is 20.0. The molecule has 4 rings (SSSR count). The molecule has 142 valence electrons. The monoisotopic (exact) mass is 387 g/mol. The molecule has 2 aliphatic heterocycles. The molecule has 2 aromatic rings. The van der Waals surface area contributed by atoms with Crippen molar-refractivity contribution >= 4 is 23.4 Å². The molecule has 0 aliphatic carbocycles. The molecule has 0 radical (unpaired) electrons. The van der Waals surface area contributed by atoms with E-state index in [4.69, 9.17) is 5.73 Å². The van der Waals surface area contributed by atoms with Crippen LogP contribution >= 0.6 is 11.8 Å². The standard InChI is InChI=1S/C20H22FN3O2S/c21-16-4-1-13(2-5-16)20-24(7-8-27-20)18-6-3-14(9-15(18)10-22)19(26)23-11-17(25)12-23/h1-6,9,17,20,25H,7-8,10-12,22H2. The number of aliphatic hydroxyl groups excluding tert-OH is 1. The Morgan fingerprint density at radius 2 is 1.96 bits per heavy atom. The van der Waals surface area contributed by atoms with Gasteiger partial charge in [-0.1, -0.05) is 12.1 Å². The Morgan fingerprint density at radius 3 is 2.63 bits per heavy atom. The zero-order chi connectivity index (χ0) is 19.0. The number of thioether (sulfide) groups is 1. The van der Waals surface area contributed by atoms with Crippen LogP contribution in [-0.4, -0.2) is 47.4 Å². The summed E-state index contributed by atoms with van der Waals surface area (Å²) in [5.74, 6) is 0.653. The van der Waals surface area contributed by atoms with Gasteiger partial charge in [0.1, 0.15) is 11.2 Å². The number of carbonyl (C=O) groups excluding carboxylic acids is 1. The number of amides is 1. The second kappa shape index (κ2) is 7.50. The van der Waals surface area contributed by atoms with E-state index in [2.05, 4.69) is 4.90 Å². The lowest BCUT2D eigenvalue weighted by Crippen LogP contribution is -2.53. The molecule has 0 bridgehead atoms. The van der Waals surface area contributed by atoms with Crippen LogP contribution in [-0.2, 0) is 6.54 Å². The Morgan fingerprint density at radius 1 is 1.22 bits per heavy atom. The lowest BCUT2D eigenvalue weighted by Gasteiger charge is -2.36. The van der Waals surface area contributed by atoms with Crippen molar-refractivity contribution < 1.29 is 14.3 Å². The predicted molar refractivity (Wildman–Crippen MR) is 105 cm³/mol. The van der Waals surface area contributed by atoms with E-state index in [0.29, 0.717) is 25.2 Å². The summed E-state index contributed by atoms with van der Waals surface area (Å²) in [5.41, 5.74) is 9.56. The largest absolute Gasteiger partial charge is 0.389 e. The summed E-state index contributed by atoms with van der Waals surface area (Å²) in [7, 11) is 0. The predicted octanol–water partition coefficient (Wildman–Crippen LogP) is 2.35. The van der Waals surface area contributed by atoms with E-state index in [1.165, 1.54) is 12.1 Å². The maximum Gasteiger partial charge on any atom is 0.254 e. The molecule has 5 nitrogen and oxygen atoms in total. The number of likely N-dealkylation sites (tertiary alicyclic amines) is 1. The Bertz CT molecular complexity index is 840. The molecule has 1 atom stereocenters. The average molecular weight is 387 g/mol. The molecule has 0 saturated carbocycles. The number of nitrogens with two attached hydrogens (primary N) is 1. The molecule has 1 amide bonds. The first-order valence-corrected chi connectivity index (χ1v) is 10.1. The number of hydrogen-bond donors (Lipinski definition) is 2. The van der Waals surface area contributed by atoms with Gasteiger partial charge in [-0.3, -0.25) is 4.79 Å². The second-order valence-electron chi connectivity index (χ2n) is 6.88. The zero-order valence-electron chi connectivity index (χ0n) is 14.8. The molecule has 27 heavy (non-hydrogen) atoms. The molecule has 1 unspecified atom stereocenters. The molecule has 2 aliphatic rings. The van der Waals surface area contributed by atoms with Gasteiger partial charge in [-0.05, 0) is 41.5 Å². The second-order valence-corrected chi connectivity index (χ2v) is 8.07. The number of anilines is 1.